The quantitative estimate of drug-likeness (QED) is 0.313. The molecular weight excluding hydrogens is 205 g/mol. The van der Waals surface area contributed by atoms with Crippen molar-refractivity contribution in [3.63, 3.8) is 0 Å². The summed E-state index contributed by atoms with van der Waals surface area (Å²) in [5, 5.41) is 11.0. The zero-order valence-electron chi connectivity index (χ0n) is 9.98. The average molecular weight is 227 g/mol. The molecule has 5 nitrogen and oxygen atoms in total. The van der Waals surface area contributed by atoms with E-state index in [9.17, 15) is 9.90 Å². The van der Waals surface area contributed by atoms with Crippen molar-refractivity contribution in [3.8, 4) is 0 Å². The number of nitrogens with zero attached hydrogens (tertiary/aromatic N) is 1. The van der Waals surface area contributed by atoms with Gasteiger partial charge >= 0.3 is 5.97 Å². The van der Waals surface area contributed by atoms with E-state index >= 15 is 0 Å². The second-order valence-corrected chi connectivity index (χ2v) is 4.78. The monoisotopic (exact) mass is 227 g/mol. The first-order valence-electron chi connectivity index (χ1n) is 6.02. The Bertz CT molecular complexity index is 252. The minimum atomic E-state index is -1.09. The first kappa shape index (κ1) is 13.5. The summed E-state index contributed by atoms with van der Waals surface area (Å²) in [6.45, 7) is 1.33. The number of hydrogen-bond acceptors (Lipinski definition) is 4. The van der Waals surface area contributed by atoms with Crippen LogP contribution in [0.25, 0.3) is 0 Å². The predicted octanol–water partition coefficient (Wildman–Crippen LogP) is -0.814. The number of hydrazine groups is 1. The van der Waals surface area contributed by atoms with E-state index in [1.807, 2.05) is 0 Å². The molecule has 16 heavy (non-hydrogen) atoms. The van der Waals surface area contributed by atoms with Crippen LogP contribution in [-0.4, -0.2) is 42.6 Å². The fourth-order valence-electron chi connectivity index (χ4n) is 2.36. The van der Waals surface area contributed by atoms with Crippen LogP contribution in [0.2, 0.25) is 6.32 Å². The van der Waals surface area contributed by atoms with Gasteiger partial charge in [0.15, 0.2) is 0 Å². The van der Waals surface area contributed by atoms with Crippen molar-refractivity contribution in [2.24, 2.45) is 17.5 Å². The summed E-state index contributed by atoms with van der Waals surface area (Å²) in [6.07, 6.45) is 4.31. The molecule has 1 fully saturated rings. The van der Waals surface area contributed by atoms with Crippen molar-refractivity contribution < 1.29 is 9.90 Å². The minimum absolute atomic E-state index is 0.0214. The van der Waals surface area contributed by atoms with E-state index in [0.29, 0.717) is 13.0 Å². The number of aliphatic carboxylic acids is 1. The number of unbranched alkanes of at least 4 members (excludes halogenated alkanes) is 1. The minimum Gasteiger partial charge on any atom is -0.480 e. The third-order valence-electron chi connectivity index (χ3n) is 3.54. The van der Waals surface area contributed by atoms with Gasteiger partial charge in [-0.1, -0.05) is 19.2 Å². The van der Waals surface area contributed by atoms with E-state index in [1.165, 1.54) is 0 Å². The molecule has 0 saturated carbocycles. The van der Waals surface area contributed by atoms with Gasteiger partial charge in [0.1, 0.15) is 13.4 Å². The van der Waals surface area contributed by atoms with Crippen molar-refractivity contribution in [2.45, 2.75) is 37.5 Å². The maximum absolute atomic E-state index is 11.3. The topological polar surface area (TPSA) is 92.6 Å². The highest BCUT2D eigenvalue weighted by Gasteiger charge is 2.44. The Morgan fingerprint density at radius 1 is 1.56 bits per heavy atom. The molecule has 6 heteroatoms. The fraction of sp³-hybridized carbons (Fsp3) is 0.900. The van der Waals surface area contributed by atoms with Crippen molar-refractivity contribution in [2.75, 3.05) is 13.1 Å². The highest BCUT2D eigenvalue weighted by Crippen LogP contribution is 2.29. The van der Waals surface area contributed by atoms with Gasteiger partial charge in [0.2, 0.25) is 0 Å². The summed E-state index contributed by atoms with van der Waals surface area (Å²) < 4.78 is 0. The predicted molar refractivity (Wildman–Crippen MR) is 65.6 cm³/mol. The molecule has 1 aliphatic rings. The van der Waals surface area contributed by atoms with E-state index in [2.05, 4.69) is 7.85 Å². The summed E-state index contributed by atoms with van der Waals surface area (Å²) >= 11 is 0. The smallest absolute Gasteiger partial charge is 0.324 e. The zero-order chi connectivity index (χ0) is 12.2. The van der Waals surface area contributed by atoms with E-state index in [1.54, 1.807) is 5.01 Å². The van der Waals surface area contributed by atoms with Gasteiger partial charge in [-0.2, -0.15) is 0 Å². The van der Waals surface area contributed by atoms with Crippen LogP contribution in [0.3, 0.4) is 0 Å². The Balaban J connectivity index is 2.60. The Morgan fingerprint density at radius 2 is 2.25 bits per heavy atom. The van der Waals surface area contributed by atoms with Crippen LogP contribution in [0, 0.1) is 5.92 Å². The van der Waals surface area contributed by atoms with Crippen molar-refractivity contribution in [1.29, 1.82) is 0 Å². The summed E-state index contributed by atoms with van der Waals surface area (Å²) in [7, 11) is 2.09. The lowest BCUT2D eigenvalue weighted by Crippen LogP contribution is -2.55. The molecule has 1 heterocycles. The van der Waals surface area contributed by atoms with Gasteiger partial charge in [0.05, 0.1) is 0 Å². The largest absolute Gasteiger partial charge is 0.480 e. The molecule has 0 aliphatic carbocycles. The van der Waals surface area contributed by atoms with Gasteiger partial charge in [-0.15, -0.1) is 0 Å². The van der Waals surface area contributed by atoms with Gasteiger partial charge in [-0.3, -0.25) is 10.6 Å². The molecule has 0 aromatic heterocycles. The summed E-state index contributed by atoms with van der Waals surface area (Å²) in [6, 6.07) is 0. The number of rotatable bonds is 6. The summed E-state index contributed by atoms with van der Waals surface area (Å²) in [4.78, 5) is 11.3. The van der Waals surface area contributed by atoms with E-state index in [-0.39, 0.29) is 5.92 Å². The average Bonchev–Trinajstić information content (AvgIpc) is 2.65. The van der Waals surface area contributed by atoms with Crippen LogP contribution < -0.4 is 11.6 Å². The van der Waals surface area contributed by atoms with Crippen LogP contribution in [0.1, 0.15) is 25.7 Å². The number of carboxylic acid groups (broad SMARTS) is 1. The Morgan fingerprint density at radius 3 is 2.69 bits per heavy atom. The first-order valence-corrected chi connectivity index (χ1v) is 6.02. The van der Waals surface area contributed by atoms with Gasteiger partial charge in [-0.05, 0) is 12.8 Å². The summed E-state index contributed by atoms with van der Waals surface area (Å²) in [5.74, 6) is 4.75. The molecule has 2 atom stereocenters. The Kier molecular flexibility index (Phi) is 4.77. The molecule has 0 spiro atoms. The second kappa shape index (κ2) is 5.66. The number of nitrogens with two attached hydrogens (primary N) is 2. The third kappa shape index (κ3) is 2.96. The van der Waals surface area contributed by atoms with Crippen LogP contribution in [-0.2, 0) is 4.79 Å². The van der Waals surface area contributed by atoms with E-state index in [4.69, 9.17) is 11.6 Å². The molecule has 1 rings (SSSR count). The lowest BCUT2D eigenvalue weighted by molar-refractivity contribution is -0.145. The summed E-state index contributed by atoms with van der Waals surface area (Å²) in [5.41, 5.74) is 4.97. The van der Waals surface area contributed by atoms with Crippen LogP contribution in [0.15, 0.2) is 0 Å². The maximum atomic E-state index is 11.3. The highest BCUT2D eigenvalue weighted by atomic mass is 16.4. The van der Waals surface area contributed by atoms with Gasteiger partial charge in [0, 0.05) is 19.0 Å². The van der Waals surface area contributed by atoms with Gasteiger partial charge in [-0.25, -0.2) is 5.01 Å². The first-order chi connectivity index (χ1) is 7.50. The molecule has 0 radical (unpaired) electrons. The van der Waals surface area contributed by atoms with Crippen molar-refractivity contribution >= 4 is 13.8 Å². The molecule has 92 valence electrons. The molecular formula is C10H22BN3O2. The molecule has 0 amide bonds. The molecule has 1 aliphatic heterocycles. The number of carboxylic acids is 1. The number of hydrogen-bond donors (Lipinski definition) is 3. The van der Waals surface area contributed by atoms with Crippen molar-refractivity contribution in [1.82, 2.24) is 5.01 Å². The van der Waals surface area contributed by atoms with E-state index in [0.717, 1.165) is 32.1 Å². The van der Waals surface area contributed by atoms with E-state index < -0.39 is 11.5 Å². The lowest BCUT2D eigenvalue weighted by atomic mass is 9.79. The zero-order valence-corrected chi connectivity index (χ0v) is 9.98. The Labute approximate surface area is 97.5 Å². The lowest BCUT2D eigenvalue weighted by Gasteiger charge is -2.31. The highest BCUT2D eigenvalue weighted by molar-refractivity contribution is 6.08. The molecule has 0 bridgehead atoms. The Hall–Kier alpha value is -0.585. The fourth-order valence-corrected chi connectivity index (χ4v) is 2.36. The molecule has 5 N–H and O–H groups in total. The van der Waals surface area contributed by atoms with Gasteiger partial charge in [0.25, 0.3) is 0 Å². The van der Waals surface area contributed by atoms with Crippen LogP contribution in [0.4, 0.5) is 0 Å². The van der Waals surface area contributed by atoms with Crippen molar-refractivity contribution in [3.05, 3.63) is 0 Å². The second-order valence-electron chi connectivity index (χ2n) is 4.78. The van der Waals surface area contributed by atoms with Crippen LogP contribution in [0.5, 0.6) is 0 Å². The molecule has 0 aromatic rings. The molecule has 1 saturated heterocycles. The molecule has 0 aromatic carbocycles. The van der Waals surface area contributed by atoms with Gasteiger partial charge < -0.3 is 10.8 Å². The maximum Gasteiger partial charge on any atom is 0.324 e. The number of carbonyl (C=O) groups is 1. The van der Waals surface area contributed by atoms with Crippen LogP contribution >= 0.6 is 0 Å². The normalized spacial score (nSPS) is 25.5. The SMILES string of the molecule is BCCCC[C@](N)(C(=O)O)C1CCN(N)C1. The third-order valence-corrected chi connectivity index (χ3v) is 3.54. The standard InChI is InChI=1S/C10H22BN3O2/c11-5-2-1-4-10(12,9(15)16)8-3-6-14(13)7-8/h8H,1-7,11-13H2,(H,15,16)/t8?,10-/m1/s1. The molecule has 1 unspecified atom stereocenters.